The first kappa shape index (κ1) is 19.6. The van der Waals surface area contributed by atoms with Crippen LogP contribution in [0.1, 0.15) is 28.4 Å². The van der Waals surface area contributed by atoms with Crippen LogP contribution in [-0.4, -0.2) is 31.5 Å². The molecule has 0 atom stereocenters. The van der Waals surface area contributed by atoms with Crippen LogP contribution in [0.3, 0.4) is 0 Å². The molecule has 0 unspecified atom stereocenters. The van der Waals surface area contributed by atoms with E-state index in [2.05, 4.69) is 20.7 Å². The predicted octanol–water partition coefficient (Wildman–Crippen LogP) is 3.11. The van der Waals surface area contributed by atoms with Crippen LogP contribution in [0.5, 0.6) is 5.75 Å². The number of nitrogens with one attached hydrogen (secondary N) is 1. The van der Waals surface area contributed by atoms with E-state index in [1.165, 1.54) is 6.07 Å². The van der Waals surface area contributed by atoms with Gasteiger partial charge in [0.25, 0.3) is 5.91 Å². The molecule has 2 aromatic carbocycles. The van der Waals surface area contributed by atoms with Crippen LogP contribution in [0.2, 0.25) is 0 Å². The molecule has 28 heavy (non-hydrogen) atoms. The van der Waals surface area contributed by atoms with E-state index in [1.807, 2.05) is 23.7 Å². The van der Waals surface area contributed by atoms with Gasteiger partial charge in [0.1, 0.15) is 17.9 Å². The van der Waals surface area contributed by atoms with Crippen LogP contribution in [-0.2, 0) is 12.8 Å². The first-order valence-corrected chi connectivity index (χ1v) is 9.32. The Morgan fingerprint density at radius 3 is 2.71 bits per heavy atom. The standard InChI is InChI=1S/C19H18FN5O2S/c1-12(16-9-15(20)7-8-17(16)26)22-23-18(27)14-5-3-13(4-6-14)10-28-19-24-21-11-25(19)2/h3-9,11,26H,10H2,1-2H3,(H,23,27)/b22-12+. The van der Waals surface area contributed by atoms with Gasteiger partial charge in [-0.05, 0) is 42.8 Å². The molecule has 0 saturated carbocycles. The van der Waals surface area contributed by atoms with Crippen LogP contribution < -0.4 is 5.43 Å². The van der Waals surface area contributed by atoms with Gasteiger partial charge in [0, 0.05) is 23.9 Å². The maximum Gasteiger partial charge on any atom is 0.271 e. The second-order valence-electron chi connectivity index (χ2n) is 6.01. The molecular formula is C19H18FN5O2S. The number of phenolic OH excluding ortho intramolecular Hbond substituents is 1. The Labute approximate surface area is 165 Å². The Kier molecular flexibility index (Phi) is 6.05. The number of amides is 1. The lowest BCUT2D eigenvalue weighted by Gasteiger charge is -2.06. The van der Waals surface area contributed by atoms with Crippen molar-refractivity contribution in [2.24, 2.45) is 12.1 Å². The maximum atomic E-state index is 13.3. The molecule has 144 valence electrons. The van der Waals surface area contributed by atoms with Crippen molar-refractivity contribution < 1.29 is 14.3 Å². The van der Waals surface area contributed by atoms with E-state index < -0.39 is 11.7 Å². The highest BCUT2D eigenvalue weighted by Gasteiger charge is 2.09. The summed E-state index contributed by atoms with van der Waals surface area (Å²) in [5.74, 6) is -0.308. The van der Waals surface area contributed by atoms with Crippen molar-refractivity contribution in [2.45, 2.75) is 17.8 Å². The van der Waals surface area contributed by atoms with Gasteiger partial charge in [0.05, 0.1) is 5.71 Å². The lowest BCUT2D eigenvalue weighted by atomic mass is 10.1. The zero-order valence-corrected chi connectivity index (χ0v) is 16.1. The van der Waals surface area contributed by atoms with Crippen LogP contribution in [0.4, 0.5) is 4.39 Å². The Hall–Kier alpha value is -3.20. The zero-order valence-electron chi connectivity index (χ0n) is 15.3. The molecule has 3 aromatic rings. The van der Waals surface area contributed by atoms with Crippen molar-refractivity contribution in [3.05, 3.63) is 71.3 Å². The normalized spacial score (nSPS) is 11.5. The number of thioether (sulfide) groups is 1. The Morgan fingerprint density at radius 2 is 2.04 bits per heavy atom. The lowest BCUT2D eigenvalue weighted by molar-refractivity contribution is 0.0955. The molecule has 1 aromatic heterocycles. The summed E-state index contributed by atoms with van der Waals surface area (Å²) >= 11 is 1.55. The number of hydrogen-bond acceptors (Lipinski definition) is 6. The fraction of sp³-hybridized carbons (Fsp3) is 0.158. The van der Waals surface area contributed by atoms with Gasteiger partial charge >= 0.3 is 0 Å². The lowest BCUT2D eigenvalue weighted by Crippen LogP contribution is -2.19. The summed E-state index contributed by atoms with van der Waals surface area (Å²) in [5.41, 5.74) is 4.40. The molecule has 0 spiro atoms. The Morgan fingerprint density at radius 1 is 1.29 bits per heavy atom. The molecule has 0 aliphatic carbocycles. The van der Waals surface area contributed by atoms with E-state index in [0.29, 0.717) is 17.0 Å². The molecule has 7 nitrogen and oxygen atoms in total. The predicted molar refractivity (Wildman–Crippen MR) is 105 cm³/mol. The third-order valence-electron chi connectivity index (χ3n) is 3.93. The highest BCUT2D eigenvalue weighted by atomic mass is 32.2. The molecule has 0 aliphatic rings. The quantitative estimate of drug-likeness (QED) is 0.377. The minimum absolute atomic E-state index is 0.110. The topological polar surface area (TPSA) is 92.4 Å². The van der Waals surface area contributed by atoms with Crippen molar-refractivity contribution in [3.8, 4) is 5.75 Å². The highest BCUT2D eigenvalue weighted by Crippen LogP contribution is 2.20. The van der Waals surface area contributed by atoms with Crippen LogP contribution >= 0.6 is 11.8 Å². The summed E-state index contributed by atoms with van der Waals surface area (Å²) in [6.45, 7) is 1.57. The summed E-state index contributed by atoms with van der Waals surface area (Å²) in [6, 6.07) is 10.7. The molecular weight excluding hydrogens is 381 g/mol. The van der Waals surface area contributed by atoms with E-state index in [-0.39, 0.29) is 11.3 Å². The second-order valence-corrected chi connectivity index (χ2v) is 6.95. The number of phenols is 1. The van der Waals surface area contributed by atoms with Crippen molar-refractivity contribution in [1.29, 1.82) is 0 Å². The highest BCUT2D eigenvalue weighted by molar-refractivity contribution is 7.98. The molecule has 0 aliphatic heterocycles. The fourth-order valence-electron chi connectivity index (χ4n) is 2.36. The number of halogens is 1. The summed E-state index contributed by atoms with van der Waals surface area (Å²) in [7, 11) is 1.88. The number of rotatable bonds is 6. The third-order valence-corrected chi connectivity index (χ3v) is 5.03. The minimum atomic E-state index is -0.497. The van der Waals surface area contributed by atoms with Gasteiger partial charge in [-0.1, -0.05) is 23.9 Å². The SMILES string of the molecule is C/C(=N\NC(=O)c1ccc(CSc2nncn2C)cc1)c1cc(F)ccc1O. The monoisotopic (exact) mass is 399 g/mol. The molecule has 0 fully saturated rings. The van der Waals surface area contributed by atoms with Crippen molar-refractivity contribution in [1.82, 2.24) is 20.2 Å². The fourth-order valence-corrected chi connectivity index (χ4v) is 3.20. The molecule has 1 heterocycles. The number of carbonyl (C=O) groups excluding carboxylic acids is 1. The van der Waals surface area contributed by atoms with E-state index >= 15 is 0 Å². The van der Waals surface area contributed by atoms with Crippen LogP contribution in [0.15, 0.2) is 59.0 Å². The first-order chi connectivity index (χ1) is 13.4. The largest absolute Gasteiger partial charge is 0.507 e. The Balaban J connectivity index is 1.61. The van der Waals surface area contributed by atoms with Crippen LogP contribution in [0, 0.1) is 5.82 Å². The second kappa shape index (κ2) is 8.66. The van der Waals surface area contributed by atoms with Gasteiger partial charge in [0.2, 0.25) is 0 Å². The summed E-state index contributed by atoms with van der Waals surface area (Å²) in [4.78, 5) is 12.3. The Bertz CT molecular complexity index is 1020. The minimum Gasteiger partial charge on any atom is -0.507 e. The van der Waals surface area contributed by atoms with Crippen molar-refractivity contribution in [2.75, 3.05) is 0 Å². The van der Waals surface area contributed by atoms with E-state index in [0.717, 1.165) is 22.9 Å². The van der Waals surface area contributed by atoms with E-state index in [9.17, 15) is 14.3 Å². The summed E-state index contributed by atoms with van der Waals surface area (Å²) in [5, 5.41) is 22.4. The van der Waals surface area contributed by atoms with Gasteiger partial charge in [0.15, 0.2) is 5.16 Å². The number of aromatic hydroxyl groups is 1. The first-order valence-electron chi connectivity index (χ1n) is 8.33. The van der Waals surface area contributed by atoms with Crippen LogP contribution in [0.25, 0.3) is 0 Å². The number of hydrogen-bond donors (Lipinski definition) is 2. The molecule has 0 bridgehead atoms. The summed E-state index contributed by atoms with van der Waals surface area (Å²) in [6.07, 6.45) is 1.64. The smallest absolute Gasteiger partial charge is 0.271 e. The van der Waals surface area contributed by atoms with Gasteiger partial charge in [-0.2, -0.15) is 5.10 Å². The molecule has 2 N–H and O–H groups in total. The molecule has 0 saturated heterocycles. The molecule has 3 rings (SSSR count). The number of carbonyl (C=O) groups is 1. The van der Waals surface area contributed by atoms with E-state index in [4.69, 9.17) is 0 Å². The van der Waals surface area contributed by atoms with Gasteiger partial charge in [-0.15, -0.1) is 10.2 Å². The number of benzene rings is 2. The summed E-state index contributed by atoms with van der Waals surface area (Å²) < 4.78 is 15.2. The van der Waals surface area contributed by atoms with Crippen molar-refractivity contribution in [3.63, 3.8) is 0 Å². The zero-order chi connectivity index (χ0) is 20.1. The third kappa shape index (κ3) is 4.74. The van der Waals surface area contributed by atoms with Gasteiger partial charge < -0.3 is 9.67 Å². The maximum absolute atomic E-state index is 13.3. The van der Waals surface area contributed by atoms with Gasteiger partial charge in [-0.3, -0.25) is 4.79 Å². The number of aromatic nitrogens is 3. The number of hydrazone groups is 1. The van der Waals surface area contributed by atoms with Crippen molar-refractivity contribution >= 4 is 23.4 Å². The number of aryl methyl sites for hydroxylation is 1. The van der Waals surface area contributed by atoms with E-state index in [1.54, 1.807) is 37.1 Å². The average molecular weight is 399 g/mol. The molecule has 9 heteroatoms. The number of nitrogens with zero attached hydrogens (tertiary/aromatic N) is 4. The molecule has 1 amide bonds. The average Bonchev–Trinajstić information content (AvgIpc) is 3.11. The van der Waals surface area contributed by atoms with Gasteiger partial charge in [-0.25, -0.2) is 9.82 Å². The molecule has 0 radical (unpaired) electrons.